The maximum absolute atomic E-state index is 12.5. The SMILES string of the molecule is Cc1ccc(Nc2cc(C(=O)NCc3cccc(C)c3)nc(C)n2)cc1. The van der Waals surface area contributed by atoms with Gasteiger partial charge in [-0.05, 0) is 38.5 Å². The summed E-state index contributed by atoms with van der Waals surface area (Å²) in [6.45, 7) is 6.30. The first-order valence-corrected chi connectivity index (χ1v) is 8.53. The second kappa shape index (κ2) is 7.78. The average Bonchev–Trinajstić information content (AvgIpc) is 2.61. The fraction of sp³-hybridized carbons (Fsp3) is 0.190. The third kappa shape index (κ3) is 4.66. The first-order valence-electron chi connectivity index (χ1n) is 8.53. The lowest BCUT2D eigenvalue weighted by Gasteiger charge is -2.10. The van der Waals surface area contributed by atoms with Crippen molar-refractivity contribution in [3.05, 3.63) is 82.8 Å². The van der Waals surface area contributed by atoms with Crippen LogP contribution in [0.5, 0.6) is 0 Å². The van der Waals surface area contributed by atoms with Gasteiger partial charge in [0.25, 0.3) is 5.91 Å². The molecule has 132 valence electrons. The van der Waals surface area contributed by atoms with E-state index in [1.54, 1.807) is 13.0 Å². The quantitative estimate of drug-likeness (QED) is 0.731. The molecule has 5 heteroatoms. The summed E-state index contributed by atoms with van der Waals surface area (Å²) in [4.78, 5) is 21.1. The summed E-state index contributed by atoms with van der Waals surface area (Å²) in [6, 6.07) is 17.7. The number of nitrogens with one attached hydrogen (secondary N) is 2. The van der Waals surface area contributed by atoms with Crippen molar-refractivity contribution < 1.29 is 4.79 Å². The number of aryl methyl sites for hydroxylation is 3. The Balaban J connectivity index is 1.71. The molecule has 0 bridgehead atoms. The van der Waals surface area contributed by atoms with E-state index in [9.17, 15) is 4.79 Å². The molecule has 0 aliphatic carbocycles. The first-order chi connectivity index (χ1) is 12.5. The van der Waals surface area contributed by atoms with E-state index < -0.39 is 0 Å². The van der Waals surface area contributed by atoms with Crippen LogP contribution in [0.4, 0.5) is 11.5 Å². The number of amides is 1. The van der Waals surface area contributed by atoms with Gasteiger partial charge in [0, 0.05) is 18.3 Å². The molecule has 26 heavy (non-hydrogen) atoms. The molecule has 5 nitrogen and oxygen atoms in total. The van der Waals surface area contributed by atoms with Gasteiger partial charge in [-0.1, -0.05) is 47.5 Å². The van der Waals surface area contributed by atoms with Crippen LogP contribution in [-0.2, 0) is 6.54 Å². The lowest BCUT2D eigenvalue weighted by molar-refractivity contribution is 0.0945. The normalized spacial score (nSPS) is 10.4. The van der Waals surface area contributed by atoms with Gasteiger partial charge in [0.1, 0.15) is 17.3 Å². The first kappa shape index (κ1) is 17.6. The maximum atomic E-state index is 12.5. The van der Waals surface area contributed by atoms with Crippen LogP contribution in [-0.4, -0.2) is 15.9 Å². The summed E-state index contributed by atoms with van der Waals surface area (Å²) >= 11 is 0. The minimum absolute atomic E-state index is 0.219. The topological polar surface area (TPSA) is 66.9 Å². The zero-order valence-electron chi connectivity index (χ0n) is 15.2. The summed E-state index contributed by atoms with van der Waals surface area (Å²) in [7, 11) is 0. The molecule has 3 rings (SSSR count). The highest BCUT2D eigenvalue weighted by atomic mass is 16.1. The molecule has 1 heterocycles. The highest BCUT2D eigenvalue weighted by Gasteiger charge is 2.10. The van der Waals surface area contributed by atoms with Crippen LogP contribution in [0.2, 0.25) is 0 Å². The van der Waals surface area contributed by atoms with Gasteiger partial charge in [-0.25, -0.2) is 9.97 Å². The van der Waals surface area contributed by atoms with E-state index in [4.69, 9.17) is 0 Å². The Morgan fingerprint density at radius 2 is 1.69 bits per heavy atom. The van der Waals surface area contributed by atoms with Crippen molar-refractivity contribution in [2.75, 3.05) is 5.32 Å². The number of benzene rings is 2. The zero-order chi connectivity index (χ0) is 18.5. The molecule has 0 unspecified atom stereocenters. The molecule has 0 saturated heterocycles. The summed E-state index contributed by atoms with van der Waals surface area (Å²) < 4.78 is 0. The molecule has 0 atom stereocenters. The van der Waals surface area contributed by atoms with Gasteiger partial charge in [-0.2, -0.15) is 0 Å². The maximum Gasteiger partial charge on any atom is 0.270 e. The van der Waals surface area contributed by atoms with E-state index in [2.05, 4.69) is 26.7 Å². The van der Waals surface area contributed by atoms with Crippen LogP contribution in [0.1, 0.15) is 33.0 Å². The van der Waals surface area contributed by atoms with E-state index in [-0.39, 0.29) is 5.91 Å². The molecule has 2 N–H and O–H groups in total. The minimum atomic E-state index is -0.219. The number of carbonyl (C=O) groups is 1. The number of rotatable bonds is 5. The Labute approximate surface area is 153 Å². The molecular formula is C21H22N4O. The Morgan fingerprint density at radius 1 is 0.923 bits per heavy atom. The van der Waals surface area contributed by atoms with E-state index in [0.717, 1.165) is 11.3 Å². The van der Waals surface area contributed by atoms with Gasteiger partial charge in [0.05, 0.1) is 0 Å². The third-order valence-corrected chi connectivity index (χ3v) is 3.93. The average molecular weight is 346 g/mol. The Hall–Kier alpha value is -3.21. The molecule has 1 aromatic heterocycles. The molecule has 0 fully saturated rings. The molecule has 2 aromatic carbocycles. The minimum Gasteiger partial charge on any atom is -0.347 e. The van der Waals surface area contributed by atoms with Crippen LogP contribution in [0.15, 0.2) is 54.6 Å². The van der Waals surface area contributed by atoms with Gasteiger partial charge in [-0.3, -0.25) is 4.79 Å². The van der Waals surface area contributed by atoms with Gasteiger partial charge < -0.3 is 10.6 Å². The smallest absolute Gasteiger partial charge is 0.270 e. The highest BCUT2D eigenvalue weighted by Crippen LogP contribution is 2.16. The molecule has 0 saturated carbocycles. The Morgan fingerprint density at radius 3 is 2.42 bits per heavy atom. The van der Waals surface area contributed by atoms with Gasteiger partial charge in [0.15, 0.2) is 0 Å². The zero-order valence-corrected chi connectivity index (χ0v) is 15.2. The third-order valence-electron chi connectivity index (χ3n) is 3.93. The van der Waals surface area contributed by atoms with Crippen molar-refractivity contribution in [2.45, 2.75) is 27.3 Å². The lowest BCUT2D eigenvalue weighted by Crippen LogP contribution is -2.24. The number of hydrogen-bond donors (Lipinski definition) is 2. The molecule has 0 spiro atoms. The van der Waals surface area contributed by atoms with Crippen molar-refractivity contribution in [3.8, 4) is 0 Å². The second-order valence-electron chi connectivity index (χ2n) is 6.35. The monoisotopic (exact) mass is 346 g/mol. The largest absolute Gasteiger partial charge is 0.347 e. The molecule has 1 amide bonds. The molecule has 0 aliphatic heterocycles. The Bertz CT molecular complexity index is 920. The number of anilines is 2. The van der Waals surface area contributed by atoms with Crippen LogP contribution in [0.3, 0.4) is 0 Å². The summed E-state index contributed by atoms with van der Waals surface area (Å²) in [5, 5.41) is 6.13. The Kier molecular flexibility index (Phi) is 5.27. The number of aromatic nitrogens is 2. The van der Waals surface area contributed by atoms with Crippen molar-refractivity contribution in [3.63, 3.8) is 0 Å². The molecule has 3 aromatic rings. The number of hydrogen-bond acceptors (Lipinski definition) is 4. The fourth-order valence-electron chi connectivity index (χ4n) is 2.63. The molecule has 0 radical (unpaired) electrons. The van der Waals surface area contributed by atoms with Crippen LogP contribution >= 0.6 is 0 Å². The van der Waals surface area contributed by atoms with E-state index in [1.807, 2.05) is 56.3 Å². The van der Waals surface area contributed by atoms with Crippen molar-refractivity contribution in [1.82, 2.24) is 15.3 Å². The predicted octanol–water partition coefficient (Wildman–Crippen LogP) is 4.08. The molecular weight excluding hydrogens is 324 g/mol. The summed E-state index contributed by atoms with van der Waals surface area (Å²) in [5.74, 6) is 0.925. The van der Waals surface area contributed by atoms with Crippen LogP contribution in [0.25, 0.3) is 0 Å². The van der Waals surface area contributed by atoms with Gasteiger partial charge >= 0.3 is 0 Å². The predicted molar refractivity (Wildman–Crippen MR) is 104 cm³/mol. The van der Waals surface area contributed by atoms with Gasteiger partial charge in [0.2, 0.25) is 0 Å². The lowest BCUT2D eigenvalue weighted by atomic mass is 10.1. The second-order valence-corrected chi connectivity index (χ2v) is 6.35. The van der Waals surface area contributed by atoms with Crippen molar-refractivity contribution >= 4 is 17.4 Å². The van der Waals surface area contributed by atoms with E-state index in [0.29, 0.717) is 23.9 Å². The fourth-order valence-corrected chi connectivity index (χ4v) is 2.63. The standard InChI is InChI=1S/C21H22N4O/c1-14-7-9-18(10-8-14)25-20-12-19(23-16(3)24-20)21(26)22-13-17-6-4-5-15(2)11-17/h4-12H,13H2,1-3H3,(H,22,26)(H,23,24,25). The van der Waals surface area contributed by atoms with Crippen molar-refractivity contribution in [1.29, 1.82) is 0 Å². The van der Waals surface area contributed by atoms with Crippen LogP contribution < -0.4 is 10.6 Å². The number of nitrogens with zero attached hydrogens (tertiary/aromatic N) is 2. The van der Waals surface area contributed by atoms with E-state index >= 15 is 0 Å². The molecule has 0 aliphatic rings. The van der Waals surface area contributed by atoms with E-state index in [1.165, 1.54) is 11.1 Å². The number of carbonyl (C=O) groups excluding carboxylic acids is 1. The van der Waals surface area contributed by atoms with Crippen LogP contribution in [0, 0.1) is 20.8 Å². The van der Waals surface area contributed by atoms with Gasteiger partial charge in [-0.15, -0.1) is 0 Å². The highest BCUT2D eigenvalue weighted by molar-refractivity contribution is 5.93. The van der Waals surface area contributed by atoms with Crippen molar-refractivity contribution in [2.24, 2.45) is 0 Å². The summed E-state index contributed by atoms with van der Waals surface area (Å²) in [5.41, 5.74) is 4.67. The summed E-state index contributed by atoms with van der Waals surface area (Å²) in [6.07, 6.45) is 0.